The molecular weight excluding hydrogens is 372 g/mol. The summed E-state index contributed by atoms with van der Waals surface area (Å²) in [5.74, 6) is 0.816. The van der Waals surface area contributed by atoms with Crippen molar-refractivity contribution in [2.45, 2.75) is 12.5 Å². The predicted molar refractivity (Wildman–Crippen MR) is 83.3 cm³/mol. The summed E-state index contributed by atoms with van der Waals surface area (Å²) in [7, 11) is 1.65. The molecule has 0 aliphatic carbocycles. The number of halogens is 2. The Labute approximate surface area is 129 Å². The number of nitrogens with two attached hydrogens (primary N) is 1. The molecule has 5 heteroatoms. The highest BCUT2D eigenvalue weighted by molar-refractivity contribution is 9.10. The number of methoxy groups -OCH3 is 1. The number of pyridine rings is 1. The Balaban J connectivity index is 2.17. The van der Waals surface area contributed by atoms with E-state index in [9.17, 15) is 0 Å². The second-order valence-electron chi connectivity index (χ2n) is 4.15. The summed E-state index contributed by atoms with van der Waals surface area (Å²) in [5, 5.41) is 0. The van der Waals surface area contributed by atoms with Crippen molar-refractivity contribution in [3.05, 3.63) is 56.7 Å². The molecule has 1 aromatic heterocycles. The van der Waals surface area contributed by atoms with Crippen molar-refractivity contribution in [1.82, 2.24) is 4.98 Å². The van der Waals surface area contributed by atoms with Crippen LogP contribution in [0, 0.1) is 0 Å². The van der Waals surface area contributed by atoms with E-state index in [4.69, 9.17) is 10.5 Å². The third-order valence-corrected chi connectivity index (χ3v) is 4.10. The first kappa shape index (κ1) is 14.5. The highest BCUT2D eigenvalue weighted by Gasteiger charge is 2.12. The first-order valence-electron chi connectivity index (χ1n) is 5.80. The minimum absolute atomic E-state index is 0.143. The molecule has 2 aromatic rings. The Bertz CT molecular complexity index is 575. The van der Waals surface area contributed by atoms with Gasteiger partial charge in [0.25, 0.3) is 0 Å². The van der Waals surface area contributed by atoms with E-state index < -0.39 is 0 Å². The van der Waals surface area contributed by atoms with Crippen LogP contribution in [0.3, 0.4) is 0 Å². The average Bonchev–Trinajstić information content (AvgIpc) is 2.39. The second-order valence-corrected chi connectivity index (χ2v) is 5.86. The first-order valence-corrected chi connectivity index (χ1v) is 7.39. The molecule has 3 nitrogen and oxygen atoms in total. The molecule has 19 heavy (non-hydrogen) atoms. The van der Waals surface area contributed by atoms with E-state index in [0.29, 0.717) is 0 Å². The maximum Gasteiger partial charge on any atom is 0.133 e. The van der Waals surface area contributed by atoms with E-state index in [2.05, 4.69) is 36.8 Å². The van der Waals surface area contributed by atoms with Gasteiger partial charge in [-0.1, -0.05) is 6.07 Å². The summed E-state index contributed by atoms with van der Waals surface area (Å²) in [6, 6.07) is 9.65. The first-order chi connectivity index (χ1) is 9.11. The van der Waals surface area contributed by atoms with Gasteiger partial charge in [0.1, 0.15) is 5.75 Å². The van der Waals surface area contributed by atoms with Crippen molar-refractivity contribution in [3.63, 3.8) is 0 Å². The molecule has 0 saturated heterocycles. The number of nitrogens with zero attached hydrogens (tertiary/aromatic N) is 1. The van der Waals surface area contributed by atoms with Gasteiger partial charge >= 0.3 is 0 Å². The number of aromatic nitrogens is 1. The van der Waals surface area contributed by atoms with Crippen molar-refractivity contribution in [2.75, 3.05) is 7.11 Å². The van der Waals surface area contributed by atoms with Gasteiger partial charge in [0, 0.05) is 10.7 Å². The number of hydrogen-bond acceptors (Lipinski definition) is 3. The molecule has 1 heterocycles. The highest BCUT2D eigenvalue weighted by atomic mass is 79.9. The average molecular weight is 386 g/mol. The maximum atomic E-state index is 6.21. The van der Waals surface area contributed by atoms with E-state index in [0.717, 1.165) is 32.4 Å². The molecule has 2 N–H and O–H groups in total. The predicted octanol–water partition coefficient (Wildman–Crippen LogP) is 3.86. The summed E-state index contributed by atoms with van der Waals surface area (Å²) in [5.41, 5.74) is 8.22. The molecule has 0 spiro atoms. The number of benzene rings is 1. The van der Waals surface area contributed by atoms with Gasteiger partial charge in [0.05, 0.1) is 23.3 Å². The normalized spacial score (nSPS) is 12.2. The Hall–Kier alpha value is -0.910. The van der Waals surface area contributed by atoms with E-state index in [-0.39, 0.29) is 6.04 Å². The fraction of sp³-hybridized carbons (Fsp3) is 0.214. The fourth-order valence-corrected chi connectivity index (χ4v) is 3.00. The zero-order chi connectivity index (χ0) is 13.8. The van der Waals surface area contributed by atoms with Crippen LogP contribution >= 0.6 is 31.9 Å². The number of hydrogen-bond donors (Lipinski definition) is 1. The topological polar surface area (TPSA) is 48.1 Å². The van der Waals surface area contributed by atoms with Crippen LogP contribution in [-0.2, 0) is 6.42 Å². The minimum Gasteiger partial charge on any atom is -0.496 e. The molecule has 0 aliphatic heterocycles. The SMILES string of the molecule is COc1ccc(CC(N)c2ncccc2Br)cc1Br. The molecule has 0 aliphatic rings. The molecule has 0 radical (unpaired) electrons. The van der Waals surface area contributed by atoms with Crippen LogP contribution in [0.2, 0.25) is 0 Å². The van der Waals surface area contributed by atoms with Crippen LogP contribution < -0.4 is 10.5 Å². The van der Waals surface area contributed by atoms with Crippen LogP contribution in [0.4, 0.5) is 0 Å². The quantitative estimate of drug-likeness (QED) is 0.869. The summed E-state index contributed by atoms with van der Waals surface area (Å²) < 4.78 is 7.08. The molecular formula is C14H14Br2N2O. The molecule has 2 rings (SSSR count). The summed E-state index contributed by atoms with van der Waals surface area (Å²) in [6.45, 7) is 0. The Kier molecular flexibility index (Phi) is 4.96. The lowest BCUT2D eigenvalue weighted by atomic mass is 10.0. The number of ether oxygens (including phenoxy) is 1. The van der Waals surface area contributed by atoms with Crippen molar-refractivity contribution < 1.29 is 4.74 Å². The third-order valence-electron chi connectivity index (χ3n) is 2.81. The standard InChI is InChI=1S/C14H14Br2N2O/c1-19-13-5-4-9(7-11(13)16)8-12(17)14-10(15)3-2-6-18-14/h2-7,12H,8,17H2,1H3. The van der Waals surface area contributed by atoms with Gasteiger partial charge < -0.3 is 10.5 Å². The van der Waals surface area contributed by atoms with E-state index in [1.165, 1.54) is 0 Å². The van der Waals surface area contributed by atoms with Gasteiger partial charge in [0.2, 0.25) is 0 Å². The maximum absolute atomic E-state index is 6.21. The van der Waals surface area contributed by atoms with Crippen LogP contribution in [0.1, 0.15) is 17.3 Å². The lowest BCUT2D eigenvalue weighted by Crippen LogP contribution is -2.15. The van der Waals surface area contributed by atoms with Gasteiger partial charge in [-0.25, -0.2) is 0 Å². The molecule has 100 valence electrons. The Morgan fingerprint density at radius 1 is 1.26 bits per heavy atom. The lowest BCUT2D eigenvalue weighted by molar-refractivity contribution is 0.412. The second kappa shape index (κ2) is 6.50. The molecule has 0 saturated carbocycles. The van der Waals surface area contributed by atoms with Crippen LogP contribution in [0.15, 0.2) is 45.5 Å². The Morgan fingerprint density at radius 3 is 2.68 bits per heavy atom. The minimum atomic E-state index is -0.143. The summed E-state index contributed by atoms with van der Waals surface area (Å²) in [6.07, 6.45) is 2.47. The molecule has 0 amide bonds. The lowest BCUT2D eigenvalue weighted by Gasteiger charge is -2.13. The molecule has 0 fully saturated rings. The number of rotatable bonds is 4. The smallest absolute Gasteiger partial charge is 0.133 e. The zero-order valence-electron chi connectivity index (χ0n) is 10.4. The monoisotopic (exact) mass is 384 g/mol. The molecule has 1 atom stereocenters. The van der Waals surface area contributed by atoms with Gasteiger partial charge in [-0.2, -0.15) is 0 Å². The van der Waals surface area contributed by atoms with Gasteiger partial charge in [-0.3, -0.25) is 4.98 Å². The summed E-state index contributed by atoms with van der Waals surface area (Å²) >= 11 is 6.95. The van der Waals surface area contributed by atoms with Crippen LogP contribution in [0.25, 0.3) is 0 Å². The van der Waals surface area contributed by atoms with Gasteiger partial charge in [-0.15, -0.1) is 0 Å². The molecule has 0 bridgehead atoms. The van der Waals surface area contributed by atoms with Crippen molar-refractivity contribution in [1.29, 1.82) is 0 Å². The van der Waals surface area contributed by atoms with E-state index in [1.807, 2.05) is 30.3 Å². The largest absolute Gasteiger partial charge is 0.496 e. The van der Waals surface area contributed by atoms with Crippen molar-refractivity contribution in [2.24, 2.45) is 5.73 Å². The summed E-state index contributed by atoms with van der Waals surface area (Å²) in [4.78, 5) is 4.32. The molecule has 1 aromatic carbocycles. The Morgan fingerprint density at radius 2 is 2.05 bits per heavy atom. The van der Waals surface area contributed by atoms with Gasteiger partial charge in [0.15, 0.2) is 0 Å². The van der Waals surface area contributed by atoms with Crippen LogP contribution in [0.5, 0.6) is 5.75 Å². The van der Waals surface area contributed by atoms with Gasteiger partial charge in [-0.05, 0) is 68.1 Å². The zero-order valence-corrected chi connectivity index (χ0v) is 13.6. The van der Waals surface area contributed by atoms with Crippen molar-refractivity contribution in [3.8, 4) is 5.75 Å². The van der Waals surface area contributed by atoms with Crippen molar-refractivity contribution >= 4 is 31.9 Å². The van der Waals surface area contributed by atoms with E-state index in [1.54, 1.807) is 13.3 Å². The highest BCUT2D eigenvalue weighted by Crippen LogP contribution is 2.28. The third kappa shape index (κ3) is 3.55. The fourth-order valence-electron chi connectivity index (χ4n) is 1.86. The van der Waals surface area contributed by atoms with Crippen LogP contribution in [-0.4, -0.2) is 12.1 Å². The van der Waals surface area contributed by atoms with E-state index >= 15 is 0 Å². The molecule has 1 unspecified atom stereocenters.